The maximum atomic E-state index is 12.7. The normalized spacial score (nSPS) is 12.6. The first-order chi connectivity index (χ1) is 26.3. The number of carbonyl (C=O) groups is 3. The zero-order valence-electron chi connectivity index (χ0n) is 36.8. The van der Waals surface area contributed by atoms with Gasteiger partial charge in [0.05, 0.1) is 0 Å². The van der Waals surface area contributed by atoms with E-state index in [-0.39, 0.29) is 31.1 Å². The van der Waals surface area contributed by atoms with E-state index >= 15 is 0 Å². The van der Waals surface area contributed by atoms with Crippen LogP contribution in [0.4, 0.5) is 0 Å². The van der Waals surface area contributed by atoms with E-state index in [1.807, 2.05) is 0 Å². The van der Waals surface area contributed by atoms with Crippen molar-refractivity contribution >= 4 is 17.9 Å². The molecule has 0 spiro atoms. The largest absolute Gasteiger partial charge is 0.462 e. The third-order valence-corrected chi connectivity index (χ3v) is 11.1. The lowest BCUT2D eigenvalue weighted by Gasteiger charge is -2.18. The minimum Gasteiger partial charge on any atom is -0.462 e. The van der Waals surface area contributed by atoms with Crippen molar-refractivity contribution in [3.63, 3.8) is 0 Å². The second kappa shape index (κ2) is 41.1. The molecule has 0 radical (unpaired) electrons. The van der Waals surface area contributed by atoms with Crippen LogP contribution in [0.5, 0.6) is 0 Å². The van der Waals surface area contributed by atoms with Gasteiger partial charge in [0.2, 0.25) is 0 Å². The molecule has 54 heavy (non-hydrogen) atoms. The molecule has 6 nitrogen and oxygen atoms in total. The second-order valence-electron chi connectivity index (χ2n) is 17.1. The monoisotopic (exact) mass is 765 g/mol. The van der Waals surface area contributed by atoms with Crippen LogP contribution in [0, 0.1) is 11.8 Å². The van der Waals surface area contributed by atoms with E-state index < -0.39 is 6.10 Å². The van der Waals surface area contributed by atoms with Crippen molar-refractivity contribution < 1.29 is 28.6 Å². The predicted octanol–water partition coefficient (Wildman–Crippen LogP) is 15.0. The van der Waals surface area contributed by atoms with Gasteiger partial charge in [-0.2, -0.15) is 0 Å². The van der Waals surface area contributed by atoms with Gasteiger partial charge in [0.15, 0.2) is 6.10 Å². The number of carbonyl (C=O) groups excluding carboxylic acids is 3. The maximum Gasteiger partial charge on any atom is 0.306 e. The Kier molecular flexibility index (Phi) is 39.8. The van der Waals surface area contributed by atoms with Crippen molar-refractivity contribution in [3.05, 3.63) is 0 Å². The zero-order valence-corrected chi connectivity index (χ0v) is 36.8. The fourth-order valence-electron chi connectivity index (χ4n) is 7.07. The van der Waals surface area contributed by atoms with Crippen LogP contribution in [0.25, 0.3) is 0 Å². The molecule has 0 fully saturated rings. The van der Waals surface area contributed by atoms with Crippen LogP contribution in [0.3, 0.4) is 0 Å². The molecule has 0 saturated carbocycles. The van der Waals surface area contributed by atoms with Crippen LogP contribution in [-0.4, -0.2) is 37.2 Å². The van der Waals surface area contributed by atoms with E-state index in [0.717, 1.165) is 69.6 Å². The van der Waals surface area contributed by atoms with E-state index in [9.17, 15) is 14.4 Å². The Bertz CT molecular complexity index is 826. The van der Waals surface area contributed by atoms with Crippen LogP contribution < -0.4 is 0 Å². The van der Waals surface area contributed by atoms with Crippen LogP contribution in [0.15, 0.2) is 0 Å². The Balaban J connectivity index is 4.32. The van der Waals surface area contributed by atoms with Gasteiger partial charge in [0.1, 0.15) is 13.2 Å². The van der Waals surface area contributed by atoms with Gasteiger partial charge in [-0.3, -0.25) is 14.4 Å². The first kappa shape index (κ1) is 52.4. The van der Waals surface area contributed by atoms with Gasteiger partial charge in [0.25, 0.3) is 0 Å². The Hall–Kier alpha value is -1.59. The molecule has 6 heteroatoms. The maximum absolute atomic E-state index is 12.7. The number of esters is 3. The Morgan fingerprint density at radius 3 is 1.06 bits per heavy atom. The van der Waals surface area contributed by atoms with Gasteiger partial charge >= 0.3 is 17.9 Å². The highest BCUT2D eigenvalue weighted by Crippen LogP contribution is 2.17. The first-order valence-electron chi connectivity index (χ1n) is 23.8. The highest BCUT2D eigenvalue weighted by Gasteiger charge is 2.19. The highest BCUT2D eigenvalue weighted by atomic mass is 16.6. The number of rotatable bonds is 42. The third kappa shape index (κ3) is 40.1. The number of hydrogen-bond donors (Lipinski definition) is 0. The van der Waals surface area contributed by atoms with Crippen molar-refractivity contribution in [1.82, 2.24) is 0 Å². The molecule has 0 N–H and O–H groups in total. The Morgan fingerprint density at radius 2 is 0.704 bits per heavy atom. The van der Waals surface area contributed by atoms with Crippen LogP contribution in [0.1, 0.15) is 259 Å². The molecule has 320 valence electrons. The number of unbranched alkanes of at least 4 members (excludes halogenated alkanes) is 26. The van der Waals surface area contributed by atoms with Crippen molar-refractivity contribution in [3.8, 4) is 0 Å². The minimum atomic E-state index is -0.761. The molecule has 0 aromatic rings. The molecular formula is C48H92O6. The van der Waals surface area contributed by atoms with Crippen molar-refractivity contribution in [2.45, 2.75) is 265 Å². The Labute approximate surface area is 336 Å². The van der Waals surface area contributed by atoms with Crippen molar-refractivity contribution in [2.75, 3.05) is 13.2 Å². The van der Waals surface area contributed by atoms with Gasteiger partial charge in [0, 0.05) is 19.3 Å². The molecule has 0 rings (SSSR count). The molecule has 0 bridgehead atoms. The van der Waals surface area contributed by atoms with E-state index in [2.05, 4.69) is 34.6 Å². The van der Waals surface area contributed by atoms with E-state index in [1.54, 1.807) is 0 Å². The zero-order chi connectivity index (χ0) is 39.7. The molecule has 0 aliphatic carbocycles. The minimum absolute atomic E-state index is 0.0653. The highest BCUT2D eigenvalue weighted by molar-refractivity contribution is 5.71. The van der Waals surface area contributed by atoms with Gasteiger partial charge in [-0.15, -0.1) is 0 Å². The molecule has 0 aliphatic rings. The van der Waals surface area contributed by atoms with Gasteiger partial charge in [-0.25, -0.2) is 0 Å². The topological polar surface area (TPSA) is 78.9 Å². The predicted molar refractivity (Wildman–Crippen MR) is 229 cm³/mol. The fourth-order valence-corrected chi connectivity index (χ4v) is 7.07. The molecule has 2 atom stereocenters. The smallest absolute Gasteiger partial charge is 0.306 e. The van der Waals surface area contributed by atoms with Gasteiger partial charge < -0.3 is 14.2 Å². The summed E-state index contributed by atoms with van der Waals surface area (Å²) in [5, 5.41) is 0. The molecule has 1 unspecified atom stereocenters. The number of hydrogen-bond acceptors (Lipinski definition) is 6. The van der Waals surface area contributed by atoms with E-state index in [4.69, 9.17) is 14.2 Å². The summed E-state index contributed by atoms with van der Waals surface area (Å²) in [7, 11) is 0. The van der Waals surface area contributed by atoms with Crippen LogP contribution >= 0.6 is 0 Å². The van der Waals surface area contributed by atoms with Crippen LogP contribution in [-0.2, 0) is 28.6 Å². The summed E-state index contributed by atoms with van der Waals surface area (Å²) in [6, 6.07) is 0. The van der Waals surface area contributed by atoms with Gasteiger partial charge in [-0.05, 0) is 31.1 Å². The fraction of sp³-hybridized carbons (Fsp3) is 0.938. The Morgan fingerprint density at radius 1 is 0.389 bits per heavy atom. The summed E-state index contributed by atoms with van der Waals surface area (Å²) in [6.07, 6.45) is 39.4. The summed E-state index contributed by atoms with van der Waals surface area (Å²) in [6.45, 7) is 11.3. The summed E-state index contributed by atoms with van der Waals surface area (Å²) >= 11 is 0. The number of ether oxygens (including phenoxy) is 3. The SMILES string of the molecule is CCCCCCCCCCCCCCCC(=O)OC[C@@H](COC(=O)CCCCCCCCCCCCC(C)C)OC(=O)CCCCCCCCC(C)CC. The lowest BCUT2D eigenvalue weighted by molar-refractivity contribution is -0.167. The van der Waals surface area contributed by atoms with E-state index in [0.29, 0.717) is 19.3 Å². The molecule has 0 heterocycles. The summed E-state index contributed by atoms with van der Waals surface area (Å²) in [5.74, 6) is 0.771. The summed E-state index contributed by atoms with van der Waals surface area (Å²) < 4.78 is 16.7. The lowest BCUT2D eigenvalue weighted by Crippen LogP contribution is -2.30. The van der Waals surface area contributed by atoms with Crippen LogP contribution in [0.2, 0.25) is 0 Å². The first-order valence-corrected chi connectivity index (χ1v) is 23.8. The molecule has 0 aromatic carbocycles. The summed E-state index contributed by atoms with van der Waals surface area (Å²) in [4.78, 5) is 37.8. The van der Waals surface area contributed by atoms with Crippen molar-refractivity contribution in [1.29, 1.82) is 0 Å². The standard InChI is InChI=1S/C48H92O6/c1-6-8-9-10-11-12-13-14-15-19-22-28-33-38-46(49)52-41-45(54-48(51)40-35-30-25-24-27-32-37-44(5)7-2)42-53-47(50)39-34-29-23-20-17-16-18-21-26-31-36-43(3)4/h43-45H,6-42H2,1-5H3/t44?,45-/m0/s1. The third-order valence-electron chi connectivity index (χ3n) is 11.1. The molecular weight excluding hydrogens is 673 g/mol. The average molecular weight is 765 g/mol. The second-order valence-corrected chi connectivity index (χ2v) is 17.1. The molecule has 0 aromatic heterocycles. The van der Waals surface area contributed by atoms with E-state index in [1.165, 1.54) is 148 Å². The summed E-state index contributed by atoms with van der Waals surface area (Å²) in [5.41, 5.74) is 0. The lowest BCUT2D eigenvalue weighted by atomic mass is 10.00. The van der Waals surface area contributed by atoms with Crippen molar-refractivity contribution in [2.24, 2.45) is 11.8 Å². The molecule has 0 aliphatic heterocycles. The molecule has 0 amide bonds. The van der Waals surface area contributed by atoms with Gasteiger partial charge in [-0.1, -0.05) is 221 Å². The quantitative estimate of drug-likeness (QED) is 0.0350. The average Bonchev–Trinajstić information content (AvgIpc) is 3.15. The molecule has 0 saturated heterocycles.